The molecule has 0 aliphatic carbocycles. The third kappa shape index (κ3) is 3.13. The smallest absolute Gasteiger partial charge is 0.287 e. The average Bonchev–Trinajstić information content (AvgIpc) is 2.46. The van der Waals surface area contributed by atoms with Crippen LogP contribution in [0.1, 0.15) is 19.3 Å². The molecule has 0 bridgehead atoms. The van der Waals surface area contributed by atoms with E-state index in [0.29, 0.717) is 11.7 Å². The van der Waals surface area contributed by atoms with Crippen molar-refractivity contribution in [3.63, 3.8) is 0 Å². The molecule has 1 atom stereocenters. The molecule has 0 aromatic carbocycles. The van der Waals surface area contributed by atoms with Crippen LogP contribution >= 0.6 is 11.6 Å². The molecule has 6 nitrogen and oxygen atoms in total. The number of anilines is 1. The molecule has 20 heavy (non-hydrogen) atoms. The van der Waals surface area contributed by atoms with Gasteiger partial charge >= 0.3 is 0 Å². The minimum Gasteiger partial charge on any atom is -0.394 e. The molecule has 112 valence electrons. The van der Waals surface area contributed by atoms with E-state index in [-0.39, 0.29) is 23.7 Å². The number of nitrogens with one attached hydrogen (secondary N) is 1. The molecule has 0 saturated carbocycles. The fraction of sp³-hybridized carbons (Fsp3) is 0.692. The number of likely N-dealkylation sites (N-methyl/N-ethyl adjacent to an activating group) is 1. The van der Waals surface area contributed by atoms with E-state index in [4.69, 9.17) is 16.7 Å². The van der Waals surface area contributed by atoms with Gasteiger partial charge in [0.2, 0.25) is 0 Å². The van der Waals surface area contributed by atoms with E-state index in [1.807, 2.05) is 7.05 Å². The quantitative estimate of drug-likeness (QED) is 0.827. The number of piperidine rings is 1. The minimum atomic E-state index is -0.341. The SMILES string of the molecule is CNCC1CCCCN1c1cnn(CCO)c(=O)c1Cl. The molecule has 2 N–H and O–H groups in total. The minimum absolute atomic E-state index is 0.130. The predicted octanol–water partition coefficient (Wildman–Crippen LogP) is 0.467. The highest BCUT2D eigenvalue weighted by atomic mass is 35.5. The highest BCUT2D eigenvalue weighted by Gasteiger charge is 2.25. The standard InChI is InChI=1S/C13H21ClN4O2/c1-15-8-10-4-2-3-5-17(10)11-9-16-18(6-7-19)13(20)12(11)14/h9-10,15,19H,2-8H2,1H3. The van der Waals surface area contributed by atoms with Gasteiger partial charge in [-0.25, -0.2) is 4.68 Å². The number of aromatic nitrogens is 2. The normalized spacial score (nSPS) is 19.4. The van der Waals surface area contributed by atoms with Crippen molar-refractivity contribution in [3.05, 3.63) is 21.6 Å². The largest absolute Gasteiger partial charge is 0.394 e. The molecule has 1 aliphatic rings. The second kappa shape index (κ2) is 7.06. The molecule has 1 unspecified atom stereocenters. The summed E-state index contributed by atoms with van der Waals surface area (Å²) in [5.74, 6) is 0. The summed E-state index contributed by atoms with van der Waals surface area (Å²) in [5.41, 5.74) is 0.359. The van der Waals surface area contributed by atoms with Gasteiger partial charge in [0.05, 0.1) is 25.0 Å². The highest BCUT2D eigenvalue weighted by Crippen LogP contribution is 2.28. The lowest BCUT2D eigenvalue weighted by molar-refractivity contribution is 0.266. The predicted molar refractivity (Wildman–Crippen MR) is 79.5 cm³/mol. The van der Waals surface area contributed by atoms with Gasteiger partial charge in [-0.1, -0.05) is 11.6 Å². The number of halogens is 1. The van der Waals surface area contributed by atoms with Crippen molar-refractivity contribution < 1.29 is 5.11 Å². The van der Waals surface area contributed by atoms with Gasteiger partial charge in [-0.3, -0.25) is 4.79 Å². The van der Waals surface area contributed by atoms with Crippen LogP contribution in [0.5, 0.6) is 0 Å². The number of nitrogens with zero attached hydrogens (tertiary/aromatic N) is 3. The maximum absolute atomic E-state index is 12.1. The lowest BCUT2D eigenvalue weighted by Gasteiger charge is -2.37. The van der Waals surface area contributed by atoms with Crippen LogP contribution in [0.25, 0.3) is 0 Å². The molecule has 2 heterocycles. The van der Waals surface area contributed by atoms with Crippen LogP contribution in [0.15, 0.2) is 11.0 Å². The molecular weight excluding hydrogens is 280 g/mol. The molecule has 1 aromatic heterocycles. The lowest BCUT2D eigenvalue weighted by Crippen LogP contribution is -2.46. The first-order chi connectivity index (χ1) is 9.69. The first kappa shape index (κ1) is 15.3. The summed E-state index contributed by atoms with van der Waals surface area (Å²) >= 11 is 6.22. The second-order valence-corrected chi connectivity index (χ2v) is 5.37. The van der Waals surface area contributed by atoms with Crippen molar-refractivity contribution in [1.82, 2.24) is 15.1 Å². The van der Waals surface area contributed by atoms with Crippen LogP contribution < -0.4 is 15.8 Å². The Hall–Kier alpha value is -1.11. The number of hydrogen-bond donors (Lipinski definition) is 2. The molecule has 1 aromatic rings. The van der Waals surface area contributed by atoms with Crippen LogP contribution in [0.3, 0.4) is 0 Å². The summed E-state index contributed by atoms with van der Waals surface area (Å²) in [6.45, 7) is 1.78. The lowest BCUT2D eigenvalue weighted by atomic mass is 10.0. The Morgan fingerprint density at radius 3 is 3.05 bits per heavy atom. The summed E-state index contributed by atoms with van der Waals surface area (Å²) < 4.78 is 1.20. The maximum atomic E-state index is 12.1. The topological polar surface area (TPSA) is 70.4 Å². The zero-order chi connectivity index (χ0) is 14.5. The fourth-order valence-corrected chi connectivity index (χ4v) is 2.93. The molecular formula is C13H21ClN4O2. The van der Waals surface area contributed by atoms with E-state index >= 15 is 0 Å². The van der Waals surface area contributed by atoms with Crippen LogP contribution in [0, 0.1) is 0 Å². The van der Waals surface area contributed by atoms with Gasteiger partial charge in [0.25, 0.3) is 5.56 Å². The van der Waals surface area contributed by atoms with Crippen LogP contribution in [0.2, 0.25) is 5.02 Å². The fourth-order valence-electron chi connectivity index (χ4n) is 2.68. The van der Waals surface area contributed by atoms with E-state index in [0.717, 1.165) is 25.9 Å². The number of aliphatic hydroxyl groups excluding tert-OH is 1. The van der Waals surface area contributed by atoms with Gasteiger partial charge in [0.15, 0.2) is 0 Å². The third-order valence-corrected chi connectivity index (χ3v) is 4.01. The summed E-state index contributed by atoms with van der Waals surface area (Å²) in [4.78, 5) is 14.3. The Kier molecular flexibility index (Phi) is 5.39. The Bertz CT molecular complexity index is 504. The van der Waals surface area contributed by atoms with Gasteiger partial charge in [-0.2, -0.15) is 5.10 Å². The first-order valence-corrected chi connectivity index (χ1v) is 7.34. The van der Waals surface area contributed by atoms with Crippen LogP contribution in [-0.2, 0) is 6.54 Å². The Morgan fingerprint density at radius 1 is 1.55 bits per heavy atom. The molecule has 7 heteroatoms. The van der Waals surface area contributed by atoms with Gasteiger partial charge in [-0.15, -0.1) is 0 Å². The summed E-state index contributed by atoms with van der Waals surface area (Å²) in [5, 5.41) is 16.4. The monoisotopic (exact) mass is 300 g/mol. The van der Waals surface area contributed by atoms with Gasteiger partial charge < -0.3 is 15.3 Å². The number of aliphatic hydroxyl groups is 1. The van der Waals surface area contributed by atoms with Gasteiger partial charge in [-0.05, 0) is 26.3 Å². The first-order valence-electron chi connectivity index (χ1n) is 6.96. The van der Waals surface area contributed by atoms with Crippen molar-refractivity contribution >= 4 is 17.3 Å². The number of hydrogen-bond acceptors (Lipinski definition) is 5. The third-order valence-electron chi connectivity index (χ3n) is 3.65. The van der Waals surface area contributed by atoms with Crippen molar-refractivity contribution in [2.45, 2.75) is 31.8 Å². The van der Waals surface area contributed by atoms with Crippen molar-refractivity contribution in [2.24, 2.45) is 0 Å². The number of rotatable bonds is 5. The average molecular weight is 301 g/mol. The summed E-state index contributed by atoms with van der Waals surface area (Å²) in [6.07, 6.45) is 5.00. The highest BCUT2D eigenvalue weighted by molar-refractivity contribution is 6.33. The zero-order valence-corrected chi connectivity index (χ0v) is 12.4. The molecule has 1 aliphatic heterocycles. The van der Waals surface area contributed by atoms with Gasteiger partial charge in [0.1, 0.15) is 5.02 Å². The molecule has 1 saturated heterocycles. The zero-order valence-electron chi connectivity index (χ0n) is 11.7. The maximum Gasteiger partial charge on any atom is 0.287 e. The van der Waals surface area contributed by atoms with Crippen molar-refractivity contribution in [2.75, 3.05) is 31.6 Å². The molecule has 2 rings (SSSR count). The van der Waals surface area contributed by atoms with Crippen molar-refractivity contribution in [1.29, 1.82) is 0 Å². The molecule has 0 spiro atoms. The molecule has 1 fully saturated rings. The Morgan fingerprint density at radius 2 is 2.35 bits per heavy atom. The van der Waals surface area contributed by atoms with E-state index in [2.05, 4.69) is 15.3 Å². The van der Waals surface area contributed by atoms with E-state index < -0.39 is 0 Å². The van der Waals surface area contributed by atoms with E-state index in [1.165, 1.54) is 11.1 Å². The Labute approximate surface area is 123 Å². The van der Waals surface area contributed by atoms with E-state index in [9.17, 15) is 4.79 Å². The van der Waals surface area contributed by atoms with Crippen molar-refractivity contribution in [3.8, 4) is 0 Å². The molecule has 0 amide bonds. The van der Waals surface area contributed by atoms with Crippen LogP contribution in [0.4, 0.5) is 5.69 Å². The summed E-state index contributed by atoms with van der Waals surface area (Å²) in [6, 6.07) is 0.334. The summed E-state index contributed by atoms with van der Waals surface area (Å²) in [7, 11) is 1.92. The second-order valence-electron chi connectivity index (χ2n) is 5.00. The molecule has 0 radical (unpaired) electrons. The van der Waals surface area contributed by atoms with Gasteiger partial charge in [0, 0.05) is 19.1 Å². The van der Waals surface area contributed by atoms with Crippen LogP contribution in [-0.4, -0.2) is 47.7 Å². The van der Waals surface area contributed by atoms with E-state index in [1.54, 1.807) is 6.20 Å². The Balaban J connectivity index is 2.31.